The first kappa shape index (κ1) is 12.4. The molecule has 0 amide bonds. The lowest BCUT2D eigenvalue weighted by molar-refractivity contribution is 0.593. The fraction of sp³-hybridized carbons (Fsp3) is 0.600. The Balaban J connectivity index is 2.13. The van der Waals surface area contributed by atoms with Crippen molar-refractivity contribution in [3.8, 4) is 0 Å². The van der Waals surface area contributed by atoms with Crippen molar-refractivity contribution in [2.24, 2.45) is 5.73 Å². The van der Waals surface area contributed by atoms with Gasteiger partial charge in [0.2, 0.25) is 0 Å². The first-order chi connectivity index (χ1) is 8.31. The number of benzene rings is 1. The molecule has 2 nitrogen and oxygen atoms in total. The topological polar surface area (TPSA) is 29.3 Å². The van der Waals surface area contributed by atoms with Crippen molar-refractivity contribution in [1.29, 1.82) is 0 Å². The molecule has 1 saturated carbocycles. The van der Waals surface area contributed by atoms with E-state index in [4.69, 9.17) is 5.73 Å². The maximum atomic E-state index is 5.66. The van der Waals surface area contributed by atoms with Crippen molar-refractivity contribution in [3.05, 3.63) is 29.8 Å². The molecule has 1 fully saturated rings. The zero-order valence-corrected chi connectivity index (χ0v) is 10.9. The fourth-order valence-corrected chi connectivity index (χ4v) is 2.81. The van der Waals surface area contributed by atoms with Gasteiger partial charge >= 0.3 is 0 Å². The Hall–Kier alpha value is -1.02. The molecule has 2 N–H and O–H groups in total. The monoisotopic (exact) mass is 232 g/mol. The third-order valence-corrected chi connectivity index (χ3v) is 3.70. The van der Waals surface area contributed by atoms with Crippen LogP contribution in [0, 0.1) is 6.92 Å². The third kappa shape index (κ3) is 3.22. The summed E-state index contributed by atoms with van der Waals surface area (Å²) in [5.74, 6) is 0. The van der Waals surface area contributed by atoms with Gasteiger partial charge in [0.1, 0.15) is 0 Å². The van der Waals surface area contributed by atoms with Gasteiger partial charge in [-0.25, -0.2) is 0 Å². The second-order valence-electron chi connectivity index (χ2n) is 5.11. The van der Waals surface area contributed by atoms with E-state index in [1.165, 1.54) is 36.9 Å². The summed E-state index contributed by atoms with van der Waals surface area (Å²) in [6, 6.07) is 9.61. The fourth-order valence-electron chi connectivity index (χ4n) is 2.81. The molecule has 17 heavy (non-hydrogen) atoms. The molecule has 2 heteroatoms. The zero-order valence-electron chi connectivity index (χ0n) is 10.9. The van der Waals surface area contributed by atoms with E-state index >= 15 is 0 Å². The first-order valence-electron chi connectivity index (χ1n) is 6.84. The van der Waals surface area contributed by atoms with Gasteiger partial charge in [0.25, 0.3) is 0 Å². The van der Waals surface area contributed by atoms with E-state index in [2.05, 4.69) is 36.1 Å². The maximum Gasteiger partial charge on any atom is 0.0371 e. The SMILES string of the molecule is Cc1cccc(N(CCCN)C2CCCC2)c1. The van der Waals surface area contributed by atoms with E-state index in [-0.39, 0.29) is 0 Å². The van der Waals surface area contributed by atoms with E-state index in [0.717, 1.165) is 25.6 Å². The molecule has 1 aliphatic rings. The van der Waals surface area contributed by atoms with Crippen LogP contribution in [0.25, 0.3) is 0 Å². The molecule has 0 atom stereocenters. The molecule has 0 aromatic heterocycles. The number of rotatable bonds is 5. The van der Waals surface area contributed by atoms with Crippen LogP contribution in [-0.2, 0) is 0 Å². The quantitative estimate of drug-likeness (QED) is 0.845. The molecule has 94 valence electrons. The summed E-state index contributed by atoms with van der Waals surface area (Å²) in [6.45, 7) is 4.05. The molecule has 0 aliphatic heterocycles. The minimum Gasteiger partial charge on any atom is -0.368 e. The van der Waals surface area contributed by atoms with Gasteiger partial charge in [-0.2, -0.15) is 0 Å². The van der Waals surface area contributed by atoms with E-state index in [1.54, 1.807) is 0 Å². The summed E-state index contributed by atoms with van der Waals surface area (Å²) >= 11 is 0. The number of hydrogen-bond donors (Lipinski definition) is 1. The normalized spacial score (nSPS) is 16.4. The number of anilines is 1. The molecular formula is C15H24N2. The van der Waals surface area contributed by atoms with Gasteiger partial charge in [0.05, 0.1) is 0 Å². The Morgan fingerprint density at radius 3 is 2.71 bits per heavy atom. The van der Waals surface area contributed by atoms with Crippen molar-refractivity contribution < 1.29 is 0 Å². The number of nitrogens with two attached hydrogens (primary N) is 1. The minimum atomic E-state index is 0.739. The van der Waals surface area contributed by atoms with E-state index in [1.807, 2.05) is 0 Å². The van der Waals surface area contributed by atoms with Gasteiger partial charge in [0, 0.05) is 18.3 Å². The number of hydrogen-bond acceptors (Lipinski definition) is 2. The van der Waals surface area contributed by atoms with Gasteiger partial charge < -0.3 is 10.6 Å². The van der Waals surface area contributed by atoms with Crippen LogP contribution >= 0.6 is 0 Å². The van der Waals surface area contributed by atoms with Crippen LogP contribution in [-0.4, -0.2) is 19.1 Å². The van der Waals surface area contributed by atoms with Crippen LogP contribution in [0.1, 0.15) is 37.7 Å². The summed E-state index contributed by atoms with van der Waals surface area (Å²) < 4.78 is 0. The van der Waals surface area contributed by atoms with Crippen LogP contribution in [0.2, 0.25) is 0 Å². The Bertz CT molecular complexity index is 343. The van der Waals surface area contributed by atoms with Crippen molar-refractivity contribution >= 4 is 5.69 Å². The smallest absolute Gasteiger partial charge is 0.0371 e. The van der Waals surface area contributed by atoms with Crippen LogP contribution in [0.15, 0.2) is 24.3 Å². The predicted octanol–water partition coefficient (Wildman–Crippen LogP) is 3.09. The van der Waals surface area contributed by atoms with Gasteiger partial charge in [-0.05, 0) is 50.4 Å². The Morgan fingerprint density at radius 2 is 2.06 bits per heavy atom. The third-order valence-electron chi connectivity index (χ3n) is 3.70. The Kier molecular flexibility index (Phi) is 4.43. The molecule has 0 radical (unpaired) electrons. The standard InChI is InChI=1S/C15H24N2/c1-13-6-4-9-15(12-13)17(11-5-10-16)14-7-2-3-8-14/h4,6,9,12,14H,2-3,5,7-8,10-11,16H2,1H3. The molecule has 0 unspecified atom stereocenters. The number of aryl methyl sites for hydroxylation is 1. The minimum absolute atomic E-state index is 0.739. The molecule has 0 saturated heterocycles. The zero-order chi connectivity index (χ0) is 12.1. The lowest BCUT2D eigenvalue weighted by Crippen LogP contribution is -2.35. The molecule has 0 bridgehead atoms. The van der Waals surface area contributed by atoms with E-state index in [0.29, 0.717) is 0 Å². The molecule has 0 heterocycles. The van der Waals surface area contributed by atoms with E-state index in [9.17, 15) is 0 Å². The largest absolute Gasteiger partial charge is 0.368 e. The highest BCUT2D eigenvalue weighted by molar-refractivity contribution is 5.49. The highest BCUT2D eigenvalue weighted by Gasteiger charge is 2.22. The maximum absolute atomic E-state index is 5.66. The van der Waals surface area contributed by atoms with Crippen molar-refractivity contribution in [2.45, 2.75) is 45.1 Å². The predicted molar refractivity (Wildman–Crippen MR) is 74.5 cm³/mol. The van der Waals surface area contributed by atoms with Crippen molar-refractivity contribution in [1.82, 2.24) is 0 Å². The van der Waals surface area contributed by atoms with Crippen molar-refractivity contribution in [2.75, 3.05) is 18.0 Å². The van der Waals surface area contributed by atoms with Crippen molar-refractivity contribution in [3.63, 3.8) is 0 Å². The first-order valence-corrected chi connectivity index (χ1v) is 6.84. The second kappa shape index (κ2) is 6.06. The highest BCUT2D eigenvalue weighted by Crippen LogP contribution is 2.28. The average Bonchev–Trinajstić information content (AvgIpc) is 2.83. The van der Waals surface area contributed by atoms with E-state index < -0.39 is 0 Å². The molecule has 1 aliphatic carbocycles. The molecule has 2 rings (SSSR count). The highest BCUT2D eigenvalue weighted by atomic mass is 15.2. The average molecular weight is 232 g/mol. The Morgan fingerprint density at radius 1 is 1.29 bits per heavy atom. The lowest BCUT2D eigenvalue weighted by atomic mass is 10.1. The van der Waals surface area contributed by atoms with Crippen LogP contribution in [0.5, 0.6) is 0 Å². The summed E-state index contributed by atoms with van der Waals surface area (Å²) in [7, 11) is 0. The summed E-state index contributed by atoms with van der Waals surface area (Å²) in [5, 5.41) is 0. The van der Waals surface area contributed by atoms with Gasteiger partial charge in [-0.1, -0.05) is 25.0 Å². The van der Waals surface area contributed by atoms with Crippen LogP contribution in [0.3, 0.4) is 0 Å². The van der Waals surface area contributed by atoms with Gasteiger partial charge in [-0.15, -0.1) is 0 Å². The van der Waals surface area contributed by atoms with Crippen LogP contribution in [0.4, 0.5) is 5.69 Å². The summed E-state index contributed by atoms with van der Waals surface area (Å²) in [4.78, 5) is 2.58. The number of nitrogens with zero attached hydrogens (tertiary/aromatic N) is 1. The molecular weight excluding hydrogens is 208 g/mol. The molecule has 1 aromatic rings. The molecule has 0 spiro atoms. The molecule has 1 aromatic carbocycles. The van der Waals surface area contributed by atoms with Gasteiger partial charge in [0.15, 0.2) is 0 Å². The summed E-state index contributed by atoms with van der Waals surface area (Å²) in [5.41, 5.74) is 8.38. The van der Waals surface area contributed by atoms with Crippen LogP contribution < -0.4 is 10.6 Å². The second-order valence-corrected chi connectivity index (χ2v) is 5.11. The lowest BCUT2D eigenvalue weighted by Gasteiger charge is -2.31. The van der Waals surface area contributed by atoms with Gasteiger partial charge in [-0.3, -0.25) is 0 Å². The summed E-state index contributed by atoms with van der Waals surface area (Å²) in [6.07, 6.45) is 6.55. The Labute approximate surface area is 105 Å².